The molecule has 0 saturated heterocycles. The minimum absolute atomic E-state index is 0.126. The number of sulfonamides is 1. The van der Waals surface area contributed by atoms with Crippen LogP contribution in [0.15, 0.2) is 0 Å². The number of rotatable bonds is 18. The van der Waals surface area contributed by atoms with E-state index in [1.165, 1.54) is 70.6 Å². The van der Waals surface area contributed by atoms with Crippen LogP contribution in [-0.4, -0.2) is 32.4 Å². The summed E-state index contributed by atoms with van der Waals surface area (Å²) in [5.74, 6) is 0.186. The molecule has 2 N–H and O–H groups in total. The fourth-order valence-electron chi connectivity index (χ4n) is 2.76. The van der Waals surface area contributed by atoms with Crippen LogP contribution in [0.25, 0.3) is 0 Å². The van der Waals surface area contributed by atoms with Gasteiger partial charge in [0.05, 0.1) is 12.4 Å². The highest BCUT2D eigenvalue weighted by atomic mass is 32.2. The minimum Gasteiger partial charge on any atom is -0.395 e. The number of unbranched alkanes of at least 4 members (excludes halogenated alkanes) is 13. The molecule has 0 unspecified atom stereocenters. The first-order chi connectivity index (χ1) is 11.1. The van der Waals surface area contributed by atoms with Crippen LogP contribution in [0.3, 0.4) is 0 Å². The molecule has 0 radical (unpaired) electrons. The maximum Gasteiger partial charge on any atom is 0.211 e. The molecule has 0 aromatic carbocycles. The molecule has 140 valence electrons. The maximum atomic E-state index is 11.5. The van der Waals surface area contributed by atoms with Gasteiger partial charge in [-0.2, -0.15) is 0 Å². The lowest BCUT2D eigenvalue weighted by atomic mass is 10.0. The van der Waals surface area contributed by atoms with Gasteiger partial charge in [-0.15, -0.1) is 0 Å². The van der Waals surface area contributed by atoms with Gasteiger partial charge in [-0.3, -0.25) is 0 Å². The monoisotopic (exact) mass is 349 g/mol. The van der Waals surface area contributed by atoms with E-state index in [1.807, 2.05) is 0 Å². The van der Waals surface area contributed by atoms with E-state index in [1.54, 1.807) is 0 Å². The fraction of sp³-hybridized carbons (Fsp3) is 1.00. The van der Waals surface area contributed by atoms with Crippen LogP contribution in [0.2, 0.25) is 0 Å². The van der Waals surface area contributed by atoms with Crippen molar-refractivity contribution in [3.8, 4) is 0 Å². The lowest BCUT2D eigenvalue weighted by Gasteiger charge is -2.05. The van der Waals surface area contributed by atoms with E-state index in [-0.39, 0.29) is 18.9 Å². The van der Waals surface area contributed by atoms with Gasteiger partial charge in [-0.05, 0) is 6.42 Å². The zero-order valence-corrected chi connectivity index (χ0v) is 16.0. The minimum atomic E-state index is -3.17. The molecule has 0 aliphatic heterocycles. The second-order valence-electron chi connectivity index (χ2n) is 6.53. The normalized spacial score (nSPS) is 11.9. The Hall–Kier alpha value is -0.130. The highest BCUT2D eigenvalue weighted by molar-refractivity contribution is 7.89. The molecule has 0 fully saturated rings. The molecule has 0 aliphatic rings. The molecule has 0 atom stereocenters. The fourth-order valence-corrected chi connectivity index (χ4v) is 3.89. The second kappa shape index (κ2) is 16.7. The lowest BCUT2D eigenvalue weighted by Crippen LogP contribution is -2.28. The second-order valence-corrected chi connectivity index (χ2v) is 8.46. The summed E-state index contributed by atoms with van der Waals surface area (Å²) >= 11 is 0. The van der Waals surface area contributed by atoms with E-state index in [0.717, 1.165) is 19.3 Å². The summed E-state index contributed by atoms with van der Waals surface area (Å²) in [4.78, 5) is 0. The molecule has 0 aromatic heterocycles. The number of aliphatic hydroxyl groups excluding tert-OH is 1. The number of hydrogen-bond acceptors (Lipinski definition) is 3. The van der Waals surface area contributed by atoms with E-state index in [9.17, 15) is 8.42 Å². The van der Waals surface area contributed by atoms with Crippen LogP contribution < -0.4 is 4.72 Å². The van der Waals surface area contributed by atoms with Crippen molar-refractivity contribution in [2.75, 3.05) is 18.9 Å². The topological polar surface area (TPSA) is 66.4 Å². The molecule has 0 aromatic rings. The van der Waals surface area contributed by atoms with Gasteiger partial charge in [0.15, 0.2) is 0 Å². The van der Waals surface area contributed by atoms with Gasteiger partial charge in [0, 0.05) is 6.54 Å². The average molecular weight is 350 g/mol. The van der Waals surface area contributed by atoms with Gasteiger partial charge in [-0.1, -0.05) is 90.4 Å². The highest BCUT2D eigenvalue weighted by Crippen LogP contribution is 2.13. The van der Waals surface area contributed by atoms with E-state index in [0.29, 0.717) is 0 Å². The van der Waals surface area contributed by atoms with E-state index in [4.69, 9.17) is 5.11 Å². The van der Waals surface area contributed by atoms with Crippen LogP contribution >= 0.6 is 0 Å². The van der Waals surface area contributed by atoms with Crippen molar-refractivity contribution in [1.82, 2.24) is 4.72 Å². The van der Waals surface area contributed by atoms with Gasteiger partial charge < -0.3 is 5.11 Å². The van der Waals surface area contributed by atoms with Crippen molar-refractivity contribution >= 4 is 10.0 Å². The first-order valence-electron chi connectivity index (χ1n) is 9.70. The van der Waals surface area contributed by atoms with Gasteiger partial charge in [0.2, 0.25) is 10.0 Å². The standard InChI is InChI=1S/C18H39NO3S/c1-2-3-4-5-6-7-8-9-10-11-12-13-14-15-18-23(21,22)19-16-17-20/h19-20H,2-18H2,1H3. The average Bonchev–Trinajstić information content (AvgIpc) is 2.53. The molecule has 4 nitrogen and oxygen atoms in total. The maximum absolute atomic E-state index is 11.5. The Bertz CT molecular complexity index is 331. The summed E-state index contributed by atoms with van der Waals surface area (Å²) in [7, 11) is -3.17. The third kappa shape index (κ3) is 18.1. The molecule has 0 aliphatic carbocycles. The molecular weight excluding hydrogens is 310 g/mol. The summed E-state index contributed by atoms with van der Waals surface area (Å²) in [6.07, 6.45) is 17.7. The molecule has 0 bridgehead atoms. The summed E-state index contributed by atoms with van der Waals surface area (Å²) < 4.78 is 25.3. The number of aliphatic hydroxyl groups is 1. The van der Waals surface area contributed by atoms with Gasteiger partial charge in [0.1, 0.15) is 0 Å². The highest BCUT2D eigenvalue weighted by Gasteiger charge is 2.07. The van der Waals surface area contributed by atoms with E-state index < -0.39 is 10.0 Å². The predicted molar refractivity (Wildman–Crippen MR) is 99.2 cm³/mol. The Morgan fingerprint density at radius 2 is 1.09 bits per heavy atom. The number of hydrogen-bond donors (Lipinski definition) is 2. The largest absolute Gasteiger partial charge is 0.395 e. The van der Waals surface area contributed by atoms with Crippen LogP contribution in [0, 0.1) is 0 Å². The summed E-state index contributed by atoms with van der Waals surface area (Å²) in [5.41, 5.74) is 0. The van der Waals surface area contributed by atoms with Crippen LogP contribution in [-0.2, 0) is 10.0 Å². The van der Waals surface area contributed by atoms with Crippen molar-refractivity contribution in [3.63, 3.8) is 0 Å². The smallest absolute Gasteiger partial charge is 0.211 e. The first-order valence-corrected chi connectivity index (χ1v) is 11.4. The Balaban J connectivity index is 3.19. The first kappa shape index (κ1) is 22.9. The van der Waals surface area contributed by atoms with E-state index in [2.05, 4.69) is 11.6 Å². The molecule has 23 heavy (non-hydrogen) atoms. The van der Waals surface area contributed by atoms with E-state index >= 15 is 0 Å². The van der Waals surface area contributed by atoms with Gasteiger partial charge in [0.25, 0.3) is 0 Å². The van der Waals surface area contributed by atoms with Gasteiger partial charge >= 0.3 is 0 Å². The molecular formula is C18H39NO3S. The van der Waals surface area contributed by atoms with Crippen LogP contribution in [0.5, 0.6) is 0 Å². The Morgan fingerprint density at radius 1 is 0.696 bits per heavy atom. The SMILES string of the molecule is CCCCCCCCCCCCCCCCS(=O)(=O)NCCO. The van der Waals surface area contributed by atoms with Crippen molar-refractivity contribution < 1.29 is 13.5 Å². The number of nitrogens with one attached hydrogen (secondary N) is 1. The van der Waals surface area contributed by atoms with Crippen LogP contribution in [0.4, 0.5) is 0 Å². The molecule has 0 spiro atoms. The Kier molecular flexibility index (Phi) is 16.6. The Morgan fingerprint density at radius 3 is 1.48 bits per heavy atom. The predicted octanol–water partition coefficient (Wildman–Crippen LogP) is 4.38. The zero-order valence-electron chi connectivity index (χ0n) is 15.2. The zero-order chi connectivity index (χ0) is 17.2. The van der Waals surface area contributed by atoms with Crippen LogP contribution in [0.1, 0.15) is 96.8 Å². The molecule has 0 saturated carbocycles. The van der Waals surface area contributed by atoms with Crippen molar-refractivity contribution in [2.24, 2.45) is 0 Å². The third-order valence-electron chi connectivity index (χ3n) is 4.20. The summed E-state index contributed by atoms with van der Waals surface area (Å²) in [6, 6.07) is 0. The Labute approximate surface area is 144 Å². The summed E-state index contributed by atoms with van der Waals surface area (Å²) in [5, 5.41) is 8.60. The molecule has 5 heteroatoms. The third-order valence-corrected chi connectivity index (χ3v) is 5.67. The molecule has 0 heterocycles. The van der Waals surface area contributed by atoms with Crippen molar-refractivity contribution in [3.05, 3.63) is 0 Å². The lowest BCUT2D eigenvalue weighted by molar-refractivity contribution is 0.301. The van der Waals surface area contributed by atoms with Crippen molar-refractivity contribution in [1.29, 1.82) is 0 Å². The molecule has 0 rings (SSSR count). The summed E-state index contributed by atoms with van der Waals surface area (Å²) in [6.45, 7) is 2.24. The molecule has 0 amide bonds. The quantitative estimate of drug-likeness (QED) is 0.361. The van der Waals surface area contributed by atoms with Crippen molar-refractivity contribution in [2.45, 2.75) is 96.8 Å². The van der Waals surface area contributed by atoms with Gasteiger partial charge in [-0.25, -0.2) is 13.1 Å².